The zero-order valence-electron chi connectivity index (χ0n) is 18.0. The normalized spacial score (nSPS) is 14.6. The second-order valence-corrected chi connectivity index (χ2v) is 8.27. The summed E-state index contributed by atoms with van der Waals surface area (Å²) in [7, 11) is 1.58. The molecule has 0 radical (unpaired) electrons. The summed E-state index contributed by atoms with van der Waals surface area (Å²) in [5.74, 6) is 0.0970. The number of benzene rings is 3. The van der Waals surface area contributed by atoms with E-state index in [-0.39, 0.29) is 30.1 Å². The summed E-state index contributed by atoms with van der Waals surface area (Å²) in [4.78, 5) is 39.4. The minimum Gasteiger partial charge on any atom is -0.497 e. The van der Waals surface area contributed by atoms with Crippen LogP contribution >= 0.6 is 11.8 Å². The molecule has 1 N–H and O–H groups in total. The lowest BCUT2D eigenvalue weighted by Gasteiger charge is -2.14. The van der Waals surface area contributed by atoms with Gasteiger partial charge in [-0.05, 0) is 52.7 Å². The Bertz CT molecular complexity index is 1210. The van der Waals surface area contributed by atoms with Crippen molar-refractivity contribution in [1.82, 2.24) is 10.2 Å². The van der Waals surface area contributed by atoms with Gasteiger partial charge in [0.05, 0.1) is 12.0 Å². The van der Waals surface area contributed by atoms with Gasteiger partial charge < -0.3 is 10.1 Å². The van der Waals surface area contributed by atoms with Gasteiger partial charge in [-0.1, -0.05) is 60.7 Å². The number of nitrogens with one attached hydrogen (secondary N) is 1. The first-order valence-corrected chi connectivity index (χ1v) is 11.2. The third-order valence-electron chi connectivity index (χ3n) is 5.16. The number of amides is 3. The first-order chi connectivity index (χ1) is 16.1. The van der Waals surface area contributed by atoms with Crippen molar-refractivity contribution in [3.05, 3.63) is 94.9 Å². The molecule has 0 aliphatic carbocycles. The molecular formula is C26H22N2O4S. The Morgan fingerprint density at radius 1 is 0.970 bits per heavy atom. The lowest BCUT2D eigenvalue weighted by atomic mass is 9.99. The van der Waals surface area contributed by atoms with E-state index in [4.69, 9.17) is 4.74 Å². The second-order valence-electron chi connectivity index (χ2n) is 7.27. The number of hydrogen-bond acceptors (Lipinski definition) is 5. The van der Waals surface area contributed by atoms with Gasteiger partial charge >= 0.3 is 0 Å². The molecule has 6 nitrogen and oxygen atoms in total. The molecule has 4 rings (SSSR count). The van der Waals surface area contributed by atoms with Crippen molar-refractivity contribution in [2.75, 3.05) is 20.2 Å². The van der Waals surface area contributed by atoms with Crippen molar-refractivity contribution in [1.29, 1.82) is 0 Å². The van der Waals surface area contributed by atoms with Gasteiger partial charge in [0.1, 0.15) is 5.75 Å². The van der Waals surface area contributed by atoms with E-state index in [1.54, 1.807) is 31.4 Å². The molecule has 3 aromatic carbocycles. The minimum absolute atomic E-state index is 0.101. The van der Waals surface area contributed by atoms with E-state index in [9.17, 15) is 14.4 Å². The summed E-state index contributed by atoms with van der Waals surface area (Å²) in [5.41, 5.74) is 3.10. The van der Waals surface area contributed by atoms with Crippen molar-refractivity contribution >= 4 is 34.9 Å². The predicted octanol–water partition coefficient (Wildman–Crippen LogP) is 4.83. The fraction of sp³-hybridized carbons (Fsp3) is 0.115. The summed E-state index contributed by atoms with van der Waals surface area (Å²) >= 11 is 0.896. The van der Waals surface area contributed by atoms with E-state index >= 15 is 0 Å². The highest BCUT2D eigenvalue weighted by atomic mass is 32.2. The van der Waals surface area contributed by atoms with Crippen LogP contribution in [0.4, 0.5) is 4.79 Å². The lowest BCUT2D eigenvalue weighted by Crippen LogP contribution is -2.37. The number of carbonyl (C=O) groups is 3. The van der Waals surface area contributed by atoms with Crippen LogP contribution in [-0.4, -0.2) is 42.2 Å². The topological polar surface area (TPSA) is 75.7 Å². The van der Waals surface area contributed by atoms with Crippen LogP contribution in [0, 0.1) is 0 Å². The number of rotatable bonds is 7. The Kier molecular flexibility index (Phi) is 6.90. The zero-order valence-corrected chi connectivity index (χ0v) is 18.8. The number of nitrogens with zero attached hydrogens (tertiary/aromatic N) is 1. The average molecular weight is 459 g/mol. The first-order valence-electron chi connectivity index (χ1n) is 10.4. The third kappa shape index (κ3) is 5.15. The fourth-order valence-electron chi connectivity index (χ4n) is 3.47. The monoisotopic (exact) mass is 458 g/mol. The van der Waals surface area contributed by atoms with Crippen LogP contribution in [0.3, 0.4) is 0 Å². The molecular weight excluding hydrogens is 436 g/mol. The SMILES string of the molecule is COc1ccc(C=C2SC(=O)N(CCNC(=O)c3ccccc3-c3ccccc3)C2=O)cc1. The summed E-state index contributed by atoms with van der Waals surface area (Å²) in [6, 6.07) is 24.2. The van der Waals surface area contributed by atoms with Crippen LogP contribution in [0.15, 0.2) is 83.8 Å². The van der Waals surface area contributed by atoms with Crippen LogP contribution < -0.4 is 10.1 Å². The standard InChI is InChI=1S/C26H22N2O4S/c1-32-20-13-11-18(12-14-20)17-23-25(30)28(26(31)33-23)16-15-27-24(29)22-10-6-5-9-21(22)19-7-3-2-4-8-19/h2-14,17H,15-16H2,1H3,(H,27,29). The van der Waals surface area contributed by atoms with Gasteiger partial charge in [0.15, 0.2) is 0 Å². The molecule has 3 amide bonds. The Hall–Kier alpha value is -3.84. The van der Waals surface area contributed by atoms with E-state index in [0.29, 0.717) is 16.2 Å². The Morgan fingerprint density at radius 2 is 1.67 bits per heavy atom. The van der Waals surface area contributed by atoms with Crippen LogP contribution in [0.5, 0.6) is 5.75 Å². The van der Waals surface area contributed by atoms with Gasteiger partial charge in [-0.15, -0.1) is 0 Å². The maximum Gasteiger partial charge on any atom is 0.293 e. The summed E-state index contributed by atoms with van der Waals surface area (Å²) in [5, 5.41) is 2.48. The molecule has 0 atom stereocenters. The fourth-order valence-corrected chi connectivity index (χ4v) is 4.34. The van der Waals surface area contributed by atoms with Crippen LogP contribution in [0.25, 0.3) is 17.2 Å². The molecule has 0 spiro atoms. The van der Waals surface area contributed by atoms with Crippen LogP contribution in [0.1, 0.15) is 15.9 Å². The zero-order chi connectivity index (χ0) is 23.2. The van der Waals surface area contributed by atoms with Crippen molar-refractivity contribution in [2.24, 2.45) is 0 Å². The number of imide groups is 1. The van der Waals surface area contributed by atoms with Crippen molar-refractivity contribution < 1.29 is 19.1 Å². The molecule has 1 aliphatic heterocycles. The first kappa shape index (κ1) is 22.4. The molecule has 7 heteroatoms. The largest absolute Gasteiger partial charge is 0.497 e. The van der Waals surface area contributed by atoms with E-state index in [1.807, 2.05) is 60.7 Å². The molecule has 3 aromatic rings. The number of methoxy groups -OCH3 is 1. The molecule has 0 bridgehead atoms. The van der Waals surface area contributed by atoms with Gasteiger partial charge in [0.2, 0.25) is 0 Å². The molecule has 0 saturated carbocycles. The molecule has 1 aliphatic rings. The van der Waals surface area contributed by atoms with Gasteiger partial charge in [-0.3, -0.25) is 19.3 Å². The molecule has 0 unspecified atom stereocenters. The lowest BCUT2D eigenvalue weighted by molar-refractivity contribution is -0.122. The van der Waals surface area contributed by atoms with E-state index in [1.165, 1.54) is 0 Å². The van der Waals surface area contributed by atoms with E-state index in [0.717, 1.165) is 33.4 Å². The maximum atomic E-state index is 12.8. The van der Waals surface area contributed by atoms with Gasteiger partial charge in [0.25, 0.3) is 17.1 Å². The number of carbonyl (C=O) groups excluding carboxylic acids is 3. The summed E-state index contributed by atoms with van der Waals surface area (Å²) in [6.45, 7) is 0.264. The van der Waals surface area contributed by atoms with Gasteiger partial charge in [0, 0.05) is 18.7 Å². The van der Waals surface area contributed by atoms with E-state index < -0.39 is 0 Å². The minimum atomic E-state index is -0.361. The Balaban J connectivity index is 1.39. The van der Waals surface area contributed by atoms with Gasteiger partial charge in [-0.2, -0.15) is 0 Å². The molecule has 1 fully saturated rings. The maximum absolute atomic E-state index is 12.8. The molecule has 0 aromatic heterocycles. The summed E-state index contributed by atoms with van der Waals surface area (Å²) in [6.07, 6.45) is 1.68. The number of ether oxygens (including phenoxy) is 1. The van der Waals surface area contributed by atoms with Crippen molar-refractivity contribution in [3.63, 3.8) is 0 Å². The van der Waals surface area contributed by atoms with Gasteiger partial charge in [-0.25, -0.2) is 0 Å². The highest BCUT2D eigenvalue weighted by molar-refractivity contribution is 8.18. The molecule has 1 heterocycles. The van der Waals surface area contributed by atoms with Crippen LogP contribution in [0.2, 0.25) is 0 Å². The van der Waals surface area contributed by atoms with E-state index in [2.05, 4.69) is 5.32 Å². The predicted molar refractivity (Wildman–Crippen MR) is 130 cm³/mol. The molecule has 1 saturated heterocycles. The number of hydrogen-bond donors (Lipinski definition) is 1. The third-order valence-corrected chi connectivity index (χ3v) is 6.07. The van der Waals surface area contributed by atoms with Crippen molar-refractivity contribution in [3.8, 4) is 16.9 Å². The smallest absolute Gasteiger partial charge is 0.293 e. The Morgan fingerprint density at radius 3 is 2.39 bits per heavy atom. The molecule has 33 heavy (non-hydrogen) atoms. The average Bonchev–Trinajstić information content (AvgIpc) is 3.12. The highest BCUT2D eigenvalue weighted by Crippen LogP contribution is 2.32. The van der Waals surface area contributed by atoms with Crippen LogP contribution in [-0.2, 0) is 4.79 Å². The highest BCUT2D eigenvalue weighted by Gasteiger charge is 2.34. The Labute approximate surface area is 196 Å². The van der Waals surface area contributed by atoms with Crippen molar-refractivity contribution in [2.45, 2.75) is 0 Å². The second kappa shape index (κ2) is 10.2. The summed E-state index contributed by atoms with van der Waals surface area (Å²) < 4.78 is 5.13. The quantitative estimate of drug-likeness (QED) is 0.514. The molecule has 166 valence electrons. The number of thioether (sulfide) groups is 1.